The molecule has 0 bridgehead atoms. The summed E-state index contributed by atoms with van der Waals surface area (Å²) in [6, 6.07) is 7.42. The number of benzene rings is 1. The van der Waals surface area contributed by atoms with Gasteiger partial charge in [0.25, 0.3) is 0 Å². The third kappa shape index (κ3) is 5.40. The molecule has 1 atom stereocenters. The van der Waals surface area contributed by atoms with Crippen LogP contribution in [0.5, 0.6) is 5.75 Å². The van der Waals surface area contributed by atoms with Crippen LogP contribution in [0.1, 0.15) is 26.7 Å². The summed E-state index contributed by atoms with van der Waals surface area (Å²) in [5.41, 5.74) is 0.921. The molecular formula is C17H26N2O4S. The Balaban J connectivity index is 1.76. The highest BCUT2D eigenvalue weighted by Gasteiger charge is 2.32. The molecule has 1 fully saturated rings. The van der Waals surface area contributed by atoms with Crippen molar-refractivity contribution >= 4 is 21.4 Å². The summed E-state index contributed by atoms with van der Waals surface area (Å²) in [6.07, 6.45) is 1.00. The van der Waals surface area contributed by atoms with E-state index >= 15 is 0 Å². The number of nitrogens with zero attached hydrogens (tertiary/aromatic N) is 1. The summed E-state index contributed by atoms with van der Waals surface area (Å²) in [6.45, 7) is 4.46. The summed E-state index contributed by atoms with van der Waals surface area (Å²) < 4.78 is 28.6. The molecule has 0 aliphatic carbocycles. The summed E-state index contributed by atoms with van der Waals surface area (Å²) in [5.74, 6) is 1.04. The molecule has 1 aliphatic rings. The van der Waals surface area contributed by atoms with Gasteiger partial charge in [-0.05, 0) is 44.5 Å². The number of sulfone groups is 1. The SMILES string of the molecule is CC(C)Oc1ccc(NCCC(=O)N(C)C2CCS(=O)(=O)C2)cc1. The molecule has 1 N–H and O–H groups in total. The summed E-state index contributed by atoms with van der Waals surface area (Å²) in [4.78, 5) is 13.8. The van der Waals surface area contributed by atoms with Gasteiger partial charge < -0.3 is 15.0 Å². The maximum Gasteiger partial charge on any atom is 0.224 e. The first-order chi connectivity index (χ1) is 11.3. The second-order valence-electron chi connectivity index (χ2n) is 6.43. The van der Waals surface area contributed by atoms with E-state index in [4.69, 9.17) is 4.74 Å². The molecule has 1 saturated heterocycles. The minimum absolute atomic E-state index is 0.0376. The highest BCUT2D eigenvalue weighted by Crippen LogP contribution is 2.18. The molecule has 1 aromatic carbocycles. The Labute approximate surface area is 144 Å². The van der Waals surface area contributed by atoms with Gasteiger partial charge in [-0.1, -0.05) is 0 Å². The molecule has 2 rings (SSSR count). The lowest BCUT2D eigenvalue weighted by atomic mass is 10.2. The molecular weight excluding hydrogens is 328 g/mol. The van der Waals surface area contributed by atoms with Crippen LogP contribution < -0.4 is 10.1 Å². The number of anilines is 1. The van der Waals surface area contributed by atoms with Crippen LogP contribution in [0.15, 0.2) is 24.3 Å². The smallest absolute Gasteiger partial charge is 0.224 e. The van der Waals surface area contributed by atoms with Crippen molar-refractivity contribution in [3.05, 3.63) is 24.3 Å². The van der Waals surface area contributed by atoms with E-state index in [0.717, 1.165) is 11.4 Å². The molecule has 24 heavy (non-hydrogen) atoms. The summed E-state index contributed by atoms with van der Waals surface area (Å²) >= 11 is 0. The number of amides is 1. The number of carbonyl (C=O) groups excluding carboxylic acids is 1. The molecule has 0 radical (unpaired) electrons. The molecule has 1 heterocycles. The molecule has 6 nitrogen and oxygen atoms in total. The zero-order valence-electron chi connectivity index (χ0n) is 14.5. The Morgan fingerprint density at radius 1 is 1.33 bits per heavy atom. The number of hydrogen-bond donors (Lipinski definition) is 1. The standard InChI is InChI=1S/C17H26N2O4S/c1-13(2)23-16-6-4-14(5-7-16)18-10-8-17(20)19(3)15-9-11-24(21,22)12-15/h4-7,13,15,18H,8-12H2,1-3H3. The molecule has 0 aromatic heterocycles. The fourth-order valence-corrected chi connectivity index (χ4v) is 4.47. The maximum atomic E-state index is 12.2. The second kappa shape index (κ2) is 7.88. The second-order valence-corrected chi connectivity index (χ2v) is 8.66. The number of ether oxygens (including phenoxy) is 1. The largest absolute Gasteiger partial charge is 0.491 e. The molecule has 7 heteroatoms. The Bertz CT molecular complexity index is 656. The van der Waals surface area contributed by atoms with E-state index in [9.17, 15) is 13.2 Å². The van der Waals surface area contributed by atoms with Gasteiger partial charge in [-0.3, -0.25) is 4.79 Å². The van der Waals surface area contributed by atoms with E-state index < -0.39 is 9.84 Å². The van der Waals surface area contributed by atoms with E-state index in [1.807, 2.05) is 38.1 Å². The van der Waals surface area contributed by atoms with Gasteiger partial charge in [0.15, 0.2) is 9.84 Å². The molecule has 134 valence electrons. The van der Waals surface area contributed by atoms with E-state index in [0.29, 0.717) is 19.4 Å². The predicted octanol–water partition coefficient (Wildman–Crippen LogP) is 1.92. The number of hydrogen-bond acceptors (Lipinski definition) is 5. The van der Waals surface area contributed by atoms with Crippen molar-refractivity contribution in [2.45, 2.75) is 38.8 Å². The number of carbonyl (C=O) groups is 1. The first-order valence-corrected chi connectivity index (χ1v) is 10.1. The van der Waals surface area contributed by atoms with Crippen LogP contribution in [-0.2, 0) is 14.6 Å². The van der Waals surface area contributed by atoms with Gasteiger partial charge in [0, 0.05) is 31.7 Å². The van der Waals surface area contributed by atoms with E-state index in [1.54, 1.807) is 11.9 Å². The van der Waals surface area contributed by atoms with Gasteiger partial charge in [0.05, 0.1) is 17.6 Å². The normalized spacial score (nSPS) is 19.2. The lowest BCUT2D eigenvalue weighted by molar-refractivity contribution is -0.131. The van der Waals surface area contributed by atoms with E-state index in [1.165, 1.54) is 0 Å². The van der Waals surface area contributed by atoms with Gasteiger partial charge in [-0.2, -0.15) is 0 Å². The third-order valence-electron chi connectivity index (χ3n) is 4.04. The van der Waals surface area contributed by atoms with Gasteiger partial charge in [-0.15, -0.1) is 0 Å². The number of nitrogens with one attached hydrogen (secondary N) is 1. The molecule has 1 amide bonds. The average Bonchev–Trinajstić information content (AvgIpc) is 2.87. The molecule has 0 saturated carbocycles. The summed E-state index contributed by atoms with van der Waals surface area (Å²) in [5, 5.41) is 3.20. The maximum absolute atomic E-state index is 12.2. The van der Waals surface area contributed by atoms with E-state index in [-0.39, 0.29) is 29.6 Å². The fraction of sp³-hybridized carbons (Fsp3) is 0.588. The zero-order valence-corrected chi connectivity index (χ0v) is 15.3. The van der Waals surface area contributed by atoms with Crippen LogP contribution in [0.3, 0.4) is 0 Å². The van der Waals surface area contributed by atoms with Gasteiger partial charge in [0.2, 0.25) is 5.91 Å². The van der Waals surface area contributed by atoms with Crippen molar-refractivity contribution in [1.82, 2.24) is 4.90 Å². The topological polar surface area (TPSA) is 75.7 Å². The molecule has 1 unspecified atom stereocenters. The average molecular weight is 354 g/mol. The van der Waals surface area contributed by atoms with Crippen LogP contribution in [0.4, 0.5) is 5.69 Å². The minimum Gasteiger partial charge on any atom is -0.491 e. The van der Waals surface area contributed by atoms with Crippen LogP contribution >= 0.6 is 0 Å². The molecule has 0 spiro atoms. The van der Waals surface area contributed by atoms with Crippen molar-refractivity contribution in [3.8, 4) is 5.75 Å². The highest BCUT2D eigenvalue weighted by atomic mass is 32.2. The minimum atomic E-state index is -2.97. The highest BCUT2D eigenvalue weighted by molar-refractivity contribution is 7.91. The lowest BCUT2D eigenvalue weighted by Gasteiger charge is -2.23. The lowest BCUT2D eigenvalue weighted by Crippen LogP contribution is -2.38. The van der Waals surface area contributed by atoms with Crippen molar-refractivity contribution < 1.29 is 17.9 Å². The monoisotopic (exact) mass is 354 g/mol. The Morgan fingerprint density at radius 2 is 2.00 bits per heavy atom. The van der Waals surface area contributed by atoms with Crippen molar-refractivity contribution in [1.29, 1.82) is 0 Å². The Kier molecular flexibility index (Phi) is 6.10. The Morgan fingerprint density at radius 3 is 2.54 bits per heavy atom. The van der Waals surface area contributed by atoms with Gasteiger partial charge in [0.1, 0.15) is 5.75 Å². The Hall–Kier alpha value is -1.76. The first kappa shape index (κ1) is 18.6. The fourth-order valence-electron chi connectivity index (χ4n) is 2.70. The molecule has 1 aromatic rings. The third-order valence-corrected chi connectivity index (χ3v) is 5.79. The van der Waals surface area contributed by atoms with Crippen LogP contribution in [-0.4, -0.2) is 56.5 Å². The van der Waals surface area contributed by atoms with Gasteiger partial charge in [-0.25, -0.2) is 8.42 Å². The summed E-state index contributed by atoms with van der Waals surface area (Å²) in [7, 11) is -1.29. The molecule has 1 aliphatic heterocycles. The van der Waals surface area contributed by atoms with Crippen LogP contribution in [0, 0.1) is 0 Å². The van der Waals surface area contributed by atoms with Crippen LogP contribution in [0.25, 0.3) is 0 Å². The quantitative estimate of drug-likeness (QED) is 0.810. The van der Waals surface area contributed by atoms with Crippen LogP contribution in [0.2, 0.25) is 0 Å². The van der Waals surface area contributed by atoms with Crippen molar-refractivity contribution in [3.63, 3.8) is 0 Å². The van der Waals surface area contributed by atoms with E-state index in [2.05, 4.69) is 5.32 Å². The predicted molar refractivity (Wildman–Crippen MR) is 95.1 cm³/mol. The first-order valence-electron chi connectivity index (χ1n) is 8.23. The number of rotatable bonds is 7. The van der Waals surface area contributed by atoms with Crippen molar-refractivity contribution in [2.24, 2.45) is 0 Å². The van der Waals surface area contributed by atoms with Crippen molar-refractivity contribution in [2.75, 3.05) is 30.4 Å². The van der Waals surface area contributed by atoms with Gasteiger partial charge >= 0.3 is 0 Å². The zero-order chi connectivity index (χ0) is 17.7.